The van der Waals surface area contributed by atoms with Crippen molar-refractivity contribution in [2.45, 2.75) is 51.4 Å². The van der Waals surface area contributed by atoms with Gasteiger partial charge in [-0.1, -0.05) is 98.1 Å². The van der Waals surface area contributed by atoms with Gasteiger partial charge in [-0.05, 0) is 60.9 Å². The molecule has 0 saturated heterocycles. The van der Waals surface area contributed by atoms with Crippen LogP contribution in [0.25, 0.3) is 22.4 Å². The first-order chi connectivity index (χ1) is 22.3. The Balaban J connectivity index is 1.25. The van der Waals surface area contributed by atoms with Crippen molar-refractivity contribution in [3.8, 4) is 34.0 Å². The quantitative estimate of drug-likeness (QED) is 0.0756. The number of esters is 1. The highest BCUT2D eigenvalue weighted by Crippen LogP contribution is 2.29. The molecule has 4 aromatic rings. The molecule has 244 valence electrons. The first-order valence-electron chi connectivity index (χ1n) is 16.0. The van der Waals surface area contributed by atoms with Crippen molar-refractivity contribution in [3.63, 3.8) is 0 Å². The van der Waals surface area contributed by atoms with Crippen LogP contribution in [0.1, 0.15) is 50.5 Å². The molecule has 1 unspecified atom stereocenters. The van der Waals surface area contributed by atoms with Crippen molar-refractivity contribution in [2.24, 2.45) is 5.92 Å². The van der Waals surface area contributed by atoms with Gasteiger partial charge in [0.1, 0.15) is 15.6 Å². The van der Waals surface area contributed by atoms with Gasteiger partial charge in [0.2, 0.25) is 5.88 Å². The molecule has 0 bridgehead atoms. The lowest BCUT2D eigenvalue weighted by Gasteiger charge is -2.17. The number of hydrogen-bond donors (Lipinski definition) is 0. The van der Waals surface area contributed by atoms with E-state index in [9.17, 15) is 13.2 Å². The monoisotopic (exact) mass is 643 g/mol. The highest BCUT2D eigenvalue weighted by molar-refractivity contribution is 7.90. The maximum absolute atomic E-state index is 12.7. The van der Waals surface area contributed by atoms with E-state index in [2.05, 4.69) is 30.3 Å². The van der Waals surface area contributed by atoms with Crippen LogP contribution >= 0.6 is 0 Å². The first-order valence-corrected chi connectivity index (χ1v) is 18.1. The normalized spacial score (nSPS) is 12.0. The van der Waals surface area contributed by atoms with Gasteiger partial charge in [0.05, 0.1) is 37.7 Å². The SMILES string of the molecule is COC(=O)C(CCCCCCOc1cc(-c2ccccc2)cc(-c2ccccc2)n1)Cc1ccccc1OCCCCS(C)(=O)=O. The average Bonchev–Trinajstić information content (AvgIpc) is 3.07. The van der Waals surface area contributed by atoms with Crippen LogP contribution < -0.4 is 9.47 Å². The molecule has 0 N–H and O–H groups in total. The zero-order chi connectivity index (χ0) is 32.6. The Morgan fingerprint density at radius 3 is 2.07 bits per heavy atom. The number of unbranched alkanes of at least 4 members (excludes halogenated alkanes) is 4. The minimum absolute atomic E-state index is 0.155. The Hall–Kier alpha value is -4.17. The van der Waals surface area contributed by atoms with Crippen molar-refractivity contribution in [3.05, 3.63) is 103 Å². The zero-order valence-corrected chi connectivity index (χ0v) is 27.7. The second kappa shape index (κ2) is 18.1. The van der Waals surface area contributed by atoms with Crippen molar-refractivity contribution in [1.29, 1.82) is 0 Å². The van der Waals surface area contributed by atoms with E-state index in [4.69, 9.17) is 19.2 Å². The second-order valence-electron chi connectivity index (χ2n) is 11.6. The van der Waals surface area contributed by atoms with Gasteiger partial charge in [-0.2, -0.15) is 0 Å². The minimum atomic E-state index is -2.97. The van der Waals surface area contributed by atoms with E-state index < -0.39 is 9.84 Å². The summed E-state index contributed by atoms with van der Waals surface area (Å²) in [5, 5.41) is 0. The molecule has 1 aromatic heterocycles. The highest BCUT2D eigenvalue weighted by atomic mass is 32.2. The molecule has 0 aliphatic carbocycles. The fourth-order valence-electron chi connectivity index (χ4n) is 5.35. The van der Waals surface area contributed by atoms with Gasteiger partial charge in [-0.25, -0.2) is 13.4 Å². The van der Waals surface area contributed by atoms with Crippen molar-refractivity contribution >= 4 is 15.8 Å². The third kappa shape index (κ3) is 11.6. The van der Waals surface area contributed by atoms with Crippen molar-refractivity contribution in [1.82, 2.24) is 4.98 Å². The van der Waals surface area contributed by atoms with Gasteiger partial charge >= 0.3 is 5.97 Å². The van der Waals surface area contributed by atoms with Gasteiger partial charge in [-0.15, -0.1) is 0 Å². The van der Waals surface area contributed by atoms with E-state index in [0.717, 1.165) is 65.8 Å². The number of rotatable bonds is 19. The molecule has 0 amide bonds. The Bertz CT molecular complexity index is 1550. The van der Waals surface area contributed by atoms with E-state index in [1.54, 1.807) is 0 Å². The molecule has 1 atom stereocenters. The molecule has 0 aliphatic rings. The summed E-state index contributed by atoms with van der Waals surface area (Å²) in [5.41, 5.74) is 5.06. The average molecular weight is 644 g/mol. The summed E-state index contributed by atoms with van der Waals surface area (Å²) in [7, 11) is -1.54. The minimum Gasteiger partial charge on any atom is -0.493 e. The second-order valence-corrected chi connectivity index (χ2v) is 13.8. The topological polar surface area (TPSA) is 91.8 Å². The number of para-hydroxylation sites is 1. The van der Waals surface area contributed by atoms with Crippen LogP contribution in [0.4, 0.5) is 0 Å². The molecule has 0 spiro atoms. The number of carbonyl (C=O) groups excluding carboxylic acids is 1. The number of nitrogens with zero attached hydrogens (tertiary/aromatic N) is 1. The Labute approximate surface area is 273 Å². The van der Waals surface area contributed by atoms with Crippen LogP contribution in [0, 0.1) is 5.92 Å². The first kappa shape index (κ1) is 34.7. The zero-order valence-electron chi connectivity index (χ0n) is 26.9. The predicted molar refractivity (Wildman–Crippen MR) is 184 cm³/mol. The number of ether oxygens (including phenoxy) is 3. The Kier molecular flexibility index (Phi) is 13.6. The lowest BCUT2D eigenvalue weighted by atomic mass is 9.93. The molecular formula is C38H45NO6S. The molecule has 0 aliphatic heterocycles. The molecule has 0 radical (unpaired) electrons. The summed E-state index contributed by atoms with van der Waals surface area (Å²) in [6.07, 6.45) is 7.43. The third-order valence-electron chi connectivity index (χ3n) is 7.82. The molecule has 4 rings (SSSR count). The Morgan fingerprint density at radius 1 is 0.717 bits per heavy atom. The molecule has 7 nitrogen and oxygen atoms in total. The van der Waals surface area contributed by atoms with Crippen LogP contribution in [-0.2, 0) is 25.8 Å². The maximum atomic E-state index is 12.7. The van der Waals surface area contributed by atoms with E-state index in [1.165, 1.54) is 13.4 Å². The lowest BCUT2D eigenvalue weighted by molar-refractivity contribution is -0.145. The summed E-state index contributed by atoms with van der Waals surface area (Å²) in [5.74, 6) is 1.01. The number of benzene rings is 3. The van der Waals surface area contributed by atoms with E-state index in [1.807, 2.05) is 66.7 Å². The predicted octanol–water partition coefficient (Wildman–Crippen LogP) is 7.98. The van der Waals surface area contributed by atoms with Gasteiger partial charge in [0.25, 0.3) is 0 Å². The Morgan fingerprint density at radius 2 is 1.35 bits per heavy atom. The number of aromatic nitrogens is 1. The number of hydrogen-bond acceptors (Lipinski definition) is 7. The van der Waals surface area contributed by atoms with Gasteiger partial charge < -0.3 is 14.2 Å². The molecule has 0 fully saturated rings. The summed E-state index contributed by atoms with van der Waals surface area (Å²) >= 11 is 0. The summed E-state index contributed by atoms with van der Waals surface area (Å²) in [6, 6.07) is 32.2. The van der Waals surface area contributed by atoms with Crippen LogP contribution in [0.15, 0.2) is 97.1 Å². The smallest absolute Gasteiger partial charge is 0.308 e. The van der Waals surface area contributed by atoms with Crippen molar-refractivity contribution in [2.75, 3.05) is 32.3 Å². The number of carbonyl (C=O) groups is 1. The molecule has 0 saturated carbocycles. The van der Waals surface area contributed by atoms with E-state index in [-0.39, 0.29) is 17.6 Å². The molecule has 1 heterocycles. The van der Waals surface area contributed by atoms with Gasteiger partial charge in [0.15, 0.2) is 0 Å². The fourth-order valence-corrected chi connectivity index (χ4v) is 6.08. The van der Waals surface area contributed by atoms with E-state index in [0.29, 0.717) is 38.4 Å². The van der Waals surface area contributed by atoms with Gasteiger partial charge in [-0.3, -0.25) is 4.79 Å². The molecule has 3 aromatic carbocycles. The van der Waals surface area contributed by atoms with Crippen LogP contribution in [-0.4, -0.2) is 51.7 Å². The lowest BCUT2D eigenvalue weighted by Crippen LogP contribution is -2.19. The largest absolute Gasteiger partial charge is 0.493 e. The van der Waals surface area contributed by atoms with E-state index >= 15 is 0 Å². The van der Waals surface area contributed by atoms with Crippen LogP contribution in [0.5, 0.6) is 11.6 Å². The van der Waals surface area contributed by atoms with Gasteiger partial charge in [0, 0.05) is 17.9 Å². The number of methoxy groups -OCH3 is 1. The molecular weight excluding hydrogens is 598 g/mol. The summed E-state index contributed by atoms with van der Waals surface area (Å²) < 4.78 is 40.0. The highest BCUT2D eigenvalue weighted by Gasteiger charge is 2.21. The third-order valence-corrected chi connectivity index (χ3v) is 8.85. The standard InChI is InChI=1S/C38H45NO6S/c1-43-38(40)33(27-32-21-12-13-23-36(32)44-24-15-16-26-46(2,41)42)22-7-3-4-14-25-45-37-29-34(30-17-8-5-9-18-30)28-35(39-37)31-19-10-6-11-20-31/h5-6,8-13,17-21,23,28-29,33H,3-4,7,14-16,22,24-27H2,1-2H3. The van der Waals surface area contributed by atoms with Crippen molar-refractivity contribution < 1.29 is 27.4 Å². The molecule has 8 heteroatoms. The summed E-state index contributed by atoms with van der Waals surface area (Å²) in [6.45, 7) is 0.992. The maximum Gasteiger partial charge on any atom is 0.308 e. The molecule has 46 heavy (non-hydrogen) atoms. The number of pyridine rings is 1. The van der Waals surface area contributed by atoms with Crippen LogP contribution in [0.2, 0.25) is 0 Å². The van der Waals surface area contributed by atoms with Crippen LogP contribution in [0.3, 0.4) is 0 Å². The fraction of sp³-hybridized carbons (Fsp3) is 0.368. The number of sulfone groups is 1. The summed E-state index contributed by atoms with van der Waals surface area (Å²) in [4.78, 5) is 17.4.